The number of halogens is 1. The van der Waals surface area contributed by atoms with Crippen LogP contribution in [0, 0.1) is 0 Å². The molecule has 162 valence electrons. The van der Waals surface area contributed by atoms with E-state index >= 15 is 0 Å². The molecule has 1 N–H and O–H groups in total. The zero-order chi connectivity index (χ0) is 21.6. The maximum absolute atomic E-state index is 13.4. The molecule has 1 atom stereocenters. The smallest absolute Gasteiger partial charge is 0.247 e. The summed E-state index contributed by atoms with van der Waals surface area (Å²) in [4.78, 5) is 12.5. The topological polar surface area (TPSA) is 84.9 Å². The van der Waals surface area contributed by atoms with Crippen molar-refractivity contribution in [1.82, 2.24) is 9.62 Å². The highest BCUT2D eigenvalue weighted by Gasteiger charge is 2.30. The van der Waals surface area contributed by atoms with Gasteiger partial charge in [0.15, 0.2) is 0 Å². The van der Waals surface area contributed by atoms with Crippen LogP contribution in [0.3, 0.4) is 0 Å². The summed E-state index contributed by atoms with van der Waals surface area (Å²) in [6.45, 7) is 0.744. The fraction of sp³-hybridized carbons (Fsp3) is 0.381. The highest BCUT2D eigenvalue weighted by atomic mass is 35.5. The molecule has 9 heteroatoms. The van der Waals surface area contributed by atoms with Crippen LogP contribution >= 0.6 is 11.6 Å². The summed E-state index contributed by atoms with van der Waals surface area (Å²) in [7, 11) is -2.68. The molecule has 0 bridgehead atoms. The average molecular weight is 453 g/mol. The van der Waals surface area contributed by atoms with Gasteiger partial charge in [-0.2, -0.15) is 4.31 Å². The quantitative estimate of drug-likeness (QED) is 0.632. The molecule has 2 aromatic rings. The molecule has 30 heavy (non-hydrogen) atoms. The first kappa shape index (κ1) is 22.6. The van der Waals surface area contributed by atoms with Crippen molar-refractivity contribution in [3.05, 3.63) is 59.1 Å². The lowest BCUT2D eigenvalue weighted by atomic mass is 10.2. The minimum absolute atomic E-state index is 0.0267. The number of carbonyl (C=O) groups excluding carboxylic acids is 1. The van der Waals surface area contributed by atoms with Crippen LogP contribution in [0.2, 0.25) is 5.02 Å². The van der Waals surface area contributed by atoms with Crippen LogP contribution in [-0.2, 0) is 26.1 Å². The lowest BCUT2D eigenvalue weighted by Crippen LogP contribution is -2.42. The molecule has 0 saturated carbocycles. The Balaban J connectivity index is 1.84. The van der Waals surface area contributed by atoms with Gasteiger partial charge < -0.3 is 14.8 Å². The second kappa shape index (κ2) is 10.3. The summed E-state index contributed by atoms with van der Waals surface area (Å²) in [6.07, 6.45) is 1.82. The largest absolute Gasteiger partial charge is 0.495 e. The predicted molar refractivity (Wildman–Crippen MR) is 114 cm³/mol. The van der Waals surface area contributed by atoms with Crippen molar-refractivity contribution in [1.29, 1.82) is 0 Å². The van der Waals surface area contributed by atoms with E-state index in [1.807, 2.05) is 30.3 Å². The molecule has 1 amide bonds. The van der Waals surface area contributed by atoms with Gasteiger partial charge in [0.2, 0.25) is 15.9 Å². The molecule has 1 saturated heterocycles. The highest BCUT2D eigenvalue weighted by molar-refractivity contribution is 7.89. The van der Waals surface area contributed by atoms with Gasteiger partial charge in [0.25, 0.3) is 0 Å². The Labute approximate surface area is 182 Å². The number of rotatable bonds is 9. The van der Waals surface area contributed by atoms with Crippen molar-refractivity contribution in [2.24, 2.45) is 0 Å². The number of nitrogens with zero attached hydrogens (tertiary/aromatic N) is 1. The molecule has 0 aliphatic carbocycles. The summed E-state index contributed by atoms with van der Waals surface area (Å²) in [5.74, 6) is -0.233. The second-order valence-electron chi connectivity index (χ2n) is 6.99. The molecule has 0 aromatic heterocycles. The number of carbonyl (C=O) groups is 1. The van der Waals surface area contributed by atoms with Crippen molar-refractivity contribution in [2.75, 3.05) is 26.8 Å². The first-order chi connectivity index (χ1) is 14.4. The number of hydrogen-bond donors (Lipinski definition) is 1. The number of ether oxygens (including phenoxy) is 2. The van der Waals surface area contributed by atoms with Crippen molar-refractivity contribution in [3.8, 4) is 5.75 Å². The van der Waals surface area contributed by atoms with E-state index in [9.17, 15) is 13.2 Å². The molecule has 0 radical (unpaired) electrons. The minimum atomic E-state index is -4.07. The number of hydrogen-bond acceptors (Lipinski definition) is 5. The van der Waals surface area contributed by atoms with E-state index in [1.54, 1.807) is 6.07 Å². The maximum Gasteiger partial charge on any atom is 0.247 e. The SMILES string of the molecule is COc1ccc(Cl)cc1S(=O)(=O)N(CC(=O)NC[C@H]1CCCO1)Cc1ccccc1. The first-order valence-electron chi connectivity index (χ1n) is 9.66. The van der Waals surface area contributed by atoms with E-state index < -0.39 is 15.9 Å². The Bertz CT molecular complexity index is 963. The van der Waals surface area contributed by atoms with Gasteiger partial charge in [-0.15, -0.1) is 0 Å². The monoisotopic (exact) mass is 452 g/mol. The summed E-state index contributed by atoms with van der Waals surface area (Å²) >= 11 is 6.04. The highest BCUT2D eigenvalue weighted by Crippen LogP contribution is 2.30. The molecule has 0 spiro atoms. The third-order valence-electron chi connectivity index (χ3n) is 4.82. The van der Waals surface area contributed by atoms with Crippen LogP contribution in [0.15, 0.2) is 53.4 Å². The molecular weight excluding hydrogens is 428 g/mol. The lowest BCUT2D eigenvalue weighted by molar-refractivity contribution is -0.121. The van der Waals surface area contributed by atoms with Crippen LogP contribution in [0.1, 0.15) is 18.4 Å². The first-order valence-corrected chi connectivity index (χ1v) is 11.5. The van der Waals surface area contributed by atoms with Gasteiger partial charge in [0, 0.05) is 24.7 Å². The standard InChI is InChI=1S/C21H25ClN2O5S/c1-28-19-10-9-17(22)12-20(19)30(26,27)24(14-16-6-3-2-4-7-16)15-21(25)23-13-18-8-5-11-29-18/h2-4,6-7,9-10,12,18H,5,8,11,13-15H2,1H3,(H,23,25)/t18-/m1/s1. The van der Waals surface area contributed by atoms with Gasteiger partial charge in [-0.1, -0.05) is 41.9 Å². The van der Waals surface area contributed by atoms with E-state index in [1.165, 1.54) is 19.2 Å². The van der Waals surface area contributed by atoms with E-state index in [0.717, 1.165) is 22.7 Å². The predicted octanol–water partition coefficient (Wildman–Crippen LogP) is 2.83. The van der Waals surface area contributed by atoms with Crippen molar-refractivity contribution >= 4 is 27.5 Å². The van der Waals surface area contributed by atoms with Crippen LogP contribution < -0.4 is 10.1 Å². The molecule has 0 unspecified atom stereocenters. The Morgan fingerprint density at radius 2 is 2.03 bits per heavy atom. The number of amides is 1. The molecule has 1 fully saturated rings. The summed E-state index contributed by atoms with van der Waals surface area (Å²) < 4.78 is 38.8. The van der Waals surface area contributed by atoms with E-state index in [2.05, 4.69) is 5.32 Å². The fourth-order valence-corrected chi connectivity index (χ4v) is 5.06. The van der Waals surface area contributed by atoms with Gasteiger partial charge in [-0.3, -0.25) is 4.79 Å². The fourth-order valence-electron chi connectivity index (χ4n) is 3.25. The van der Waals surface area contributed by atoms with E-state index in [-0.39, 0.29) is 34.9 Å². The third kappa shape index (κ3) is 5.72. The molecule has 1 aliphatic rings. The molecule has 3 rings (SSSR count). The van der Waals surface area contributed by atoms with Crippen LogP contribution in [0.5, 0.6) is 5.75 Å². The number of sulfonamides is 1. The number of methoxy groups -OCH3 is 1. The molecular formula is C21H25ClN2O5S. The van der Waals surface area contributed by atoms with Gasteiger partial charge in [0.1, 0.15) is 10.6 Å². The van der Waals surface area contributed by atoms with Gasteiger partial charge >= 0.3 is 0 Å². The van der Waals surface area contributed by atoms with E-state index in [0.29, 0.717) is 13.2 Å². The van der Waals surface area contributed by atoms with E-state index in [4.69, 9.17) is 21.1 Å². The molecule has 1 aliphatic heterocycles. The van der Waals surface area contributed by atoms with Gasteiger partial charge in [0.05, 0.1) is 19.8 Å². The minimum Gasteiger partial charge on any atom is -0.495 e. The Kier molecular flexibility index (Phi) is 7.71. The Morgan fingerprint density at radius 3 is 2.70 bits per heavy atom. The zero-order valence-electron chi connectivity index (χ0n) is 16.7. The second-order valence-corrected chi connectivity index (χ2v) is 9.34. The zero-order valence-corrected chi connectivity index (χ0v) is 18.3. The van der Waals surface area contributed by atoms with Gasteiger partial charge in [-0.25, -0.2) is 8.42 Å². The third-order valence-corrected chi connectivity index (χ3v) is 6.86. The number of benzene rings is 2. The van der Waals surface area contributed by atoms with Crippen LogP contribution in [0.4, 0.5) is 0 Å². The lowest BCUT2D eigenvalue weighted by Gasteiger charge is -2.23. The summed E-state index contributed by atoms with van der Waals surface area (Å²) in [6, 6.07) is 13.5. The Morgan fingerprint density at radius 1 is 1.27 bits per heavy atom. The normalized spacial score (nSPS) is 16.6. The molecule has 7 nitrogen and oxygen atoms in total. The molecule has 2 aromatic carbocycles. The van der Waals surface area contributed by atoms with Crippen LogP contribution in [0.25, 0.3) is 0 Å². The Hall–Kier alpha value is -2.13. The van der Waals surface area contributed by atoms with Crippen molar-refractivity contribution in [3.63, 3.8) is 0 Å². The van der Waals surface area contributed by atoms with Crippen molar-refractivity contribution in [2.45, 2.75) is 30.4 Å². The molecule has 1 heterocycles. The summed E-state index contributed by atoms with van der Waals surface area (Å²) in [5, 5.41) is 3.04. The van der Waals surface area contributed by atoms with Crippen LogP contribution in [-0.4, -0.2) is 51.5 Å². The average Bonchev–Trinajstić information content (AvgIpc) is 3.26. The van der Waals surface area contributed by atoms with Gasteiger partial charge in [-0.05, 0) is 36.6 Å². The number of nitrogens with one attached hydrogen (secondary N) is 1. The van der Waals surface area contributed by atoms with Crippen molar-refractivity contribution < 1.29 is 22.7 Å². The maximum atomic E-state index is 13.4. The summed E-state index contributed by atoms with van der Waals surface area (Å²) in [5.41, 5.74) is 0.758.